The summed E-state index contributed by atoms with van der Waals surface area (Å²) in [6.45, 7) is 0.727. The predicted octanol–water partition coefficient (Wildman–Crippen LogP) is 2.22. The quantitative estimate of drug-likeness (QED) is 0.772. The van der Waals surface area contributed by atoms with E-state index in [4.69, 9.17) is 11.6 Å². The number of hydrogen-bond acceptors (Lipinski definition) is 5. The van der Waals surface area contributed by atoms with Gasteiger partial charge in [-0.15, -0.1) is 11.3 Å². The molecule has 0 aliphatic rings. The molecule has 15 heavy (non-hydrogen) atoms. The fourth-order valence-electron chi connectivity index (χ4n) is 1.15. The smallest absolute Gasteiger partial charge is 0.224 e. The summed E-state index contributed by atoms with van der Waals surface area (Å²) in [6, 6.07) is 1.82. The van der Waals surface area contributed by atoms with Crippen LogP contribution in [0.5, 0.6) is 0 Å². The van der Waals surface area contributed by atoms with Gasteiger partial charge in [0.1, 0.15) is 10.8 Å². The number of halogens is 1. The Kier molecular flexibility index (Phi) is 3.13. The Morgan fingerprint density at radius 1 is 1.40 bits per heavy atom. The average molecular weight is 241 g/mol. The molecule has 6 heteroatoms. The SMILES string of the molecule is CN(Cc1nccs1)c1ccnc(Cl)n1. The highest BCUT2D eigenvalue weighted by Crippen LogP contribution is 2.14. The summed E-state index contributed by atoms with van der Waals surface area (Å²) in [5.74, 6) is 0.796. The van der Waals surface area contributed by atoms with Crippen LogP contribution < -0.4 is 4.90 Å². The first kappa shape index (κ1) is 10.3. The summed E-state index contributed by atoms with van der Waals surface area (Å²) in [6.07, 6.45) is 3.43. The topological polar surface area (TPSA) is 41.9 Å². The van der Waals surface area contributed by atoms with Crippen molar-refractivity contribution >= 4 is 28.8 Å². The standard InChI is InChI=1S/C9H9ClN4S/c1-14(6-8-11-4-5-15-8)7-2-3-12-9(10)13-7/h2-5H,6H2,1H3. The molecule has 0 aromatic carbocycles. The molecule has 0 aliphatic carbocycles. The summed E-state index contributed by atoms with van der Waals surface area (Å²) in [7, 11) is 1.94. The molecule has 0 radical (unpaired) electrons. The lowest BCUT2D eigenvalue weighted by Crippen LogP contribution is -2.17. The van der Waals surface area contributed by atoms with Crippen molar-refractivity contribution in [3.05, 3.63) is 34.1 Å². The summed E-state index contributed by atoms with van der Waals surface area (Å²) >= 11 is 7.33. The molecule has 2 heterocycles. The van der Waals surface area contributed by atoms with Crippen LogP contribution in [0, 0.1) is 0 Å². The van der Waals surface area contributed by atoms with E-state index in [1.165, 1.54) is 0 Å². The number of thiazole rings is 1. The average Bonchev–Trinajstić information content (AvgIpc) is 2.70. The minimum Gasteiger partial charge on any atom is -0.353 e. The highest BCUT2D eigenvalue weighted by atomic mass is 35.5. The second-order valence-corrected chi connectivity index (χ2v) is 4.28. The first-order valence-electron chi connectivity index (χ1n) is 4.34. The molecule has 0 amide bonds. The molecular formula is C9H9ClN4S. The number of aromatic nitrogens is 3. The van der Waals surface area contributed by atoms with Gasteiger partial charge in [-0.25, -0.2) is 15.0 Å². The van der Waals surface area contributed by atoms with E-state index in [-0.39, 0.29) is 5.28 Å². The Labute approximate surface area is 96.6 Å². The molecular weight excluding hydrogens is 232 g/mol. The number of hydrogen-bond donors (Lipinski definition) is 0. The second kappa shape index (κ2) is 4.55. The Morgan fingerprint density at radius 3 is 2.93 bits per heavy atom. The van der Waals surface area contributed by atoms with Gasteiger partial charge >= 0.3 is 0 Å². The van der Waals surface area contributed by atoms with Crippen molar-refractivity contribution in [2.45, 2.75) is 6.54 Å². The summed E-state index contributed by atoms with van der Waals surface area (Å²) < 4.78 is 0. The maximum Gasteiger partial charge on any atom is 0.224 e. The number of nitrogens with zero attached hydrogens (tertiary/aromatic N) is 4. The molecule has 2 rings (SSSR count). The molecule has 2 aromatic rings. The van der Waals surface area contributed by atoms with Gasteiger partial charge in [-0.1, -0.05) is 0 Å². The zero-order valence-corrected chi connectivity index (χ0v) is 9.66. The van der Waals surface area contributed by atoms with E-state index >= 15 is 0 Å². The number of rotatable bonds is 3. The largest absolute Gasteiger partial charge is 0.353 e. The van der Waals surface area contributed by atoms with Gasteiger partial charge in [-0.3, -0.25) is 0 Å². The Balaban J connectivity index is 2.11. The van der Waals surface area contributed by atoms with E-state index in [0.29, 0.717) is 0 Å². The van der Waals surface area contributed by atoms with Crippen LogP contribution in [-0.4, -0.2) is 22.0 Å². The Morgan fingerprint density at radius 2 is 2.27 bits per heavy atom. The van der Waals surface area contributed by atoms with Gasteiger partial charge < -0.3 is 4.90 Å². The van der Waals surface area contributed by atoms with Crippen LogP contribution in [0.25, 0.3) is 0 Å². The monoisotopic (exact) mass is 240 g/mol. The van der Waals surface area contributed by atoms with Crippen LogP contribution in [0.15, 0.2) is 23.8 Å². The lowest BCUT2D eigenvalue weighted by atomic mass is 10.5. The van der Waals surface area contributed by atoms with Gasteiger partial charge in [-0.05, 0) is 17.7 Å². The van der Waals surface area contributed by atoms with Gasteiger partial charge in [0.15, 0.2) is 0 Å². The van der Waals surface area contributed by atoms with Crippen molar-refractivity contribution < 1.29 is 0 Å². The first-order valence-corrected chi connectivity index (χ1v) is 5.59. The second-order valence-electron chi connectivity index (χ2n) is 2.97. The summed E-state index contributed by atoms with van der Waals surface area (Å²) in [5.41, 5.74) is 0. The van der Waals surface area contributed by atoms with Crippen molar-refractivity contribution in [1.29, 1.82) is 0 Å². The predicted molar refractivity (Wildman–Crippen MR) is 61.3 cm³/mol. The Bertz CT molecular complexity index is 431. The van der Waals surface area contributed by atoms with Crippen LogP contribution in [0.2, 0.25) is 5.28 Å². The van der Waals surface area contributed by atoms with Crippen molar-refractivity contribution in [3.8, 4) is 0 Å². The molecule has 0 N–H and O–H groups in total. The highest BCUT2D eigenvalue weighted by molar-refractivity contribution is 7.09. The molecule has 4 nitrogen and oxygen atoms in total. The van der Waals surface area contributed by atoms with Crippen LogP contribution in [-0.2, 0) is 6.54 Å². The molecule has 0 saturated heterocycles. The van der Waals surface area contributed by atoms with E-state index in [9.17, 15) is 0 Å². The van der Waals surface area contributed by atoms with Crippen LogP contribution in [0.1, 0.15) is 5.01 Å². The van der Waals surface area contributed by atoms with Gasteiger partial charge in [-0.2, -0.15) is 0 Å². The zero-order valence-electron chi connectivity index (χ0n) is 8.09. The third kappa shape index (κ3) is 2.64. The first-order chi connectivity index (χ1) is 7.25. The third-order valence-electron chi connectivity index (χ3n) is 1.86. The van der Waals surface area contributed by atoms with Crippen molar-refractivity contribution in [1.82, 2.24) is 15.0 Å². The zero-order chi connectivity index (χ0) is 10.7. The summed E-state index contributed by atoms with van der Waals surface area (Å²) in [5, 5.41) is 3.27. The van der Waals surface area contributed by atoms with E-state index in [1.807, 2.05) is 23.4 Å². The summed E-state index contributed by atoms with van der Waals surface area (Å²) in [4.78, 5) is 14.1. The molecule has 0 aliphatic heterocycles. The Hall–Kier alpha value is -1.20. The molecule has 0 atom stereocenters. The molecule has 0 saturated carbocycles. The lowest BCUT2D eigenvalue weighted by molar-refractivity contribution is 0.881. The maximum absolute atomic E-state index is 5.71. The van der Waals surface area contributed by atoms with Gasteiger partial charge in [0.2, 0.25) is 5.28 Å². The maximum atomic E-state index is 5.71. The third-order valence-corrected chi connectivity index (χ3v) is 2.80. The van der Waals surface area contributed by atoms with Crippen LogP contribution >= 0.6 is 22.9 Å². The molecule has 78 valence electrons. The van der Waals surface area contributed by atoms with Crippen molar-refractivity contribution in [2.24, 2.45) is 0 Å². The minimum absolute atomic E-state index is 0.262. The minimum atomic E-state index is 0.262. The fourth-order valence-corrected chi connectivity index (χ4v) is 1.97. The fraction of sp³-hybridized carbons (Fsp3) is 0.222. The van der Waals surface area contributed by atoms with E-state index in [0.717, 1.165) is 17.4 Å². The van der Waals surface area contributed by atoms with E-state index < -0.39 is 0 Å². The molecule has 0 fully saturated rings. The van der Waals surface area contributed by atoms with Gasteiger partial charge in [0, 0.05) is 24.8 Å². The normalized spacial score (nSPS) is 10.3. The molecule has 0 unspecified atom stereocenters. The lowest BCUT2D eigenvalue weighted by Gasteiger charge is -2.15. The van der Waals surface area contributed by atoms with Crippen LogP contribution in [0.4, 0.5) is 5.82 Å². The van der Waals surface area contributed by atoms with E-state index in [2.05, 4.69) is 15.0 Å². The van der Waals surface area contributed by atoms with E-state index in [1.54, 1.807) is 23.7 Å². The molecule has 0 bridgehead atoms. The molecule has 2 aromatic heterocycles. The van der Waals surface area contributed by atoms with Crippen LogP contribution in [0.3, 0.4) is 0 Å². The van der Waals surface area contributed by atoms with Gasteiger partial charge in [0.05, 0.1) is 6.54 Å². The highest BCUT2D eigenvalue weighted by Gasteiger charge is 2.05. The van der Waals surface area contributed by atoms with Gasteiger partial charge in [0.25, 0.3) is 0 Å². The van der Waals surface area contributed by atoms with Crippen molar-refractivity contribution in [2.75, 3.05) is 11.9 Å². The number of anilines is 1. The molecule has 0 spiro atoms. The van der Waals surface area contributed by atoms with Crippen molar-refractivity contribution in [3.63, 3.8) is 0 Å².